The van der Waals surface area contributed by atoms with Gasteiger partial charge in [0.15, 0.2) is 18.1 Å². The summed E-state index contributed by atoms with van der Waals surface area (Å²) in [6, 6.07) is 14.4. The van der Waals surface area contributed by atoms with Gasteiger partial charge in [-0.2, -0.15) is 5.06 Å². The standard InChI is InChI=1S/C36H42N2O13/c39-11-10-37-34(45)36-16-23-28-29(50-35(49-28)14-21-8-1-2-9-22(21)15-35)31(36)51-38(30(36)32(44)47-23)17-20-6-3-5-19(13-20)7-4-12-46-33-27(43)26(42)25(41)24(18-40)48-33/h1-9,13,23-31,33,39-43H,10-12,14-18H2,(H,37,45)/t23-,24-,25+,26+,27-,28+,29+,30+,31-,33+,36+/m1/s1. The summed E-state index contributed by atoms with van der Waals surface area (Å²) in [5.41, 5.74) is 2.43. The Hall–Kier alpha value is -3.32. The molecule has 4 heterocycles. The average molecular weight is 711 g/mol. The number of nitrogens with one attached hydrogen (secondary N) is 1. The van der Waals surface area contributed by atoms with Crippen molar-refractivity contribution in [1.29, 1.82) is 0 Å². The second-order valence-electron chi connectivity index (χ2n) is 14.1. The number of ether oxygens (including phenoxy) is 5. The van der Waals surface area contributed by atoms with Gasteiger partial charge in [-0.3, -0.25) is 14.4 Å². The fraction of sp³-hybridized carbons (Fsp3) is 0.556. The van der Waals surface area contributed by atoms with Crippen LogP contribution in [0, 0.1) is 5.41 Å². The Morgan fingerprint density at radius 3 is 2.51 bits per heavy atom. The molecule has 2 aromatic rings. The normalized spacial score (nSPS) is 37.8. The van der Waals surface area contributed by atoms with E-state index in [0.29, 0.717) is 12.8 Å². The molecule has 1 amide bonds. The number of hydroxylamine groups is 2. The molecule has 1 spiro atoms. The molecule has 5 fully saturated rings. The summed E-state index contributed by atoms with van der Waals surface area (Å²) in [5.74, 6) is -1.97. The van der Waals surface area contributed by atoms with Crippen LogP contribution in [0.15, 0.2) is 54.6 Å². The summed E-state index contributed by atoms with van der Waals surface area (Å²) in [7, 11) is 0. The first-order valence-corrected chi connectivity index (χ1v) is 17.3. The van der Waals surface area contributed by atoms with Crippen molar-refractivity contribution in [3.8, 4) is 0 Å². The molecule has 15 heteroatoms. The lowest BCUT2D eigenvalue weighted by Gasteiger charge is -2.48. The number of amides is 1. The van der Waals surface area contributed by atoms with E-state index in [1.807, 2.05) is 48.5 Å². The van der Waals surface area contributed by atoms with E-state index < -0.39 is 90.8 Å². The van der Waals surface area contributed by atoms with E-state index in [4.69, 9.17) is 28.5 Å². The molecule has 8 rings (SSSR count). The van der Waals surface area contributed by atoms with Gasteiger partial charge in [-0.1, -0.05) is 60.7 Å². The summed E-state index contributed by atoms with van der Waals surface area (Å²) in [5, 5.41) is 53.4. The number of carbonyl (C=O) groups is 2. The molecule has 1 saturated carbocycles. The Kier molecular flexibility index (Phi) is 9.26. The van der Waals surface area contributed by atoms with Gasteiger partial charge in [0, 0.05) is 25.8 Å². The zero-order valence-corrected chi connectivity index (χ0v) is 27.7. The van der Waals surface area contributed by atoms with Crippen molar-refractivity contribution in [1.82, 2.24) is 10.4 Å². The van der Waals surface area contributed by atoms with Crippen LogP contribution in [0.4, 0.5) is 0 Å². The van der Waals surface area contributed by atoms with Gasteiger partial charge >= 0.3 is 5.97 Å². The van der Waals surface area contributed by atoms with Crippen LogP contribution in [0.5, 0.6) is 0 Å². The summed E-state index contributed by atoms with van der Waals surface area (Å²) in [6.07, 6.45) is -5.09. The Morgan fingerprint density at radius 2 is 1.76 bits per heavy atom. The molecule has 4 saturated heterocycles. The largest absolute Gasteiger partial charge is 0.458 e. The number of hydrogen-bond donors (Lipinski definition) is 6. The predicted molar refractivity (Wildman–Crippen MR) is 173 cm³/mol. The third-order valence-electron chi connectivity index (χ3n) is 10.9. The van der Waals surface area contributed by atoms with Crippen LogP contribution in [0.3, 0.4) is 0 Å². The smallest absolute Gasteiger partial charge is 0.327 e. The van der Waals surface area contributed by atoms with Gasteiger partial charge in [0.25, 0.3) is 0 Å². The first kappa shape index (κ1) is 34.7. The SMILES string of the molecule is O=C1O[C@@H]2C[C@@]3(C(=O)NCCO)[C@H](ON(Cc4cccc(C=CCO[C@H]5O[C@H](CO)[C@H](O)[C@H](O)[C@H]5O)c4)[C@@H]13)[C@H]1OC3(Cc4ccccc4C3)O[C@H]12. The number of benzene rings is 2. The molecular weight excluding hydrogens is 668 g/mol. The maximum absolute atomic E-state index is 14.1. The summed E-state index contributed by atoms with van der Waals surface area (Å²) < 4.78 is 30.3. The maximum Gasteiger partial charge on any atom is 0.327 e. The van der Waals surface area contributed by atoms with Gasteiger partial charge in [-0.25, -0.2) is 0 Å². The van der Waals surface area contributed by atoms with Crippen LogP contribution in [0.1, 0.15) is 28.7 Å². The van der Waals surface area contributed by atoms with Crippen molar-refractivity contribution < 1.29 is 63.6 Å². The number of esters is 1. The minimum absolute atomic E-state index is 0.0123. The molecule has 2 aliphatic carbocycles. The van der Waals surface area contributed by atoms with Gasteiger partial charge in [-0.05, 0) is 22.3 Å². The second-order valence-corrected chi connectivity index (χ2v) is 14.1. The summed E-state index contributed by atoms with van der Waals surface area (Å²) in [4.78, 5) is 34.5. The zero-order valence-electron chi connectivity index (χ0n) is 27.7. The molecule has 2 bridgehead atoms. The molecule has 15 nitrogen and oxygen atoms in total. The molecule has 6 N–H and O–H groups in total. The minimum Gasteiger partial charge on any atom is -0.458 e. The van der Waals surface area contributed by atoms with Gasteiger partial charge in [0.2, 0.25) is 5.91 Å². The average Bonchev–Trinajstić information content (AvgIpc) is 3.80. The van der Waals surface area contributed by atoms with E-state index in [9.17, 15) is 35.1 Å². The number of fused-ring (bicyclic) bond motifs is 5. The van der Waals surface area contributed by atoms with E-state index in [0.717, 1.165) is 22.3 Å². The van der Waals surface area contributed by atoms with Crippen molar-refractivity contribution in [3.63, 3.8) is 0 Å². The zero-order chi connectivity index (χ0) is 35.5. The number of rotatable bonds is 10. The van der Waals surface area contributed by atoms with Crippen LogP contribution >= 0.6 is 0 Å². The molecule has 4 aliphatic heterocycles. The lowest BCUT2D eigenvalue weighted by molar-refractivity contribution is -0.298. The second kappa shape index (κ2) is 13.6. The highest BCUT2D eigenvalue weighted by molar-refractivity contribution is 5.93. The van der Waals surface area contributed by atoms with E-state index in [1.54, 1.807) is 12.2 Å². The first-order chi connectivity index (χ1) is 24.7. The molecule has 0 unspecified atom stereocenters. The molecule has 0 radical (unpaired) electrons. The quantitative estimate of drug-likeness (QED) is 0.159. The Balaban J connectivity index is 1.00. The van der Waals surface area contributed by atoms with Crippen molar-refractivity contribution in [2.24, 2.45) is 5.41 Å². The van der Waals surface area contributed by atoms with Crippen LogP contribution in [0.2, 0.25) is 0 Å². The highest BCUT2D eigenvalue weighted by atomic mass is 16.8. The van der Waals surface area contributed by atoms with Crippen LogP contribution in [-0.2, 0) is 57.5 Å². The highest BCUT2D eigenvalue weighted by Gasteiger charge is 2.76. The third kappa shape index (κ3) is 5.90. The van der Waals surface area contributed by atoms with E-state index in [1.165, 1.54) is 5.06 Å². The first-order valence-electron chi connectivity index (χ1n) is 17.3. The Morgan fingerprint density at radius 1 is 1.00 bits per heavy atom. The number of carbonyl (C=O) groups excluding carboxylic acids is 2. The minimum atomic E-state index is -1.54. The Labute approximate surface area is 293 Å². The van der Waals surface area contributed by atoms with Crippen molar-refractivity contribution in [2.75, 3.05) is 26.4 Å². The van der Waals surface area contributed by atoms with E-state index >= 15 is 0 Å². The summed E-state index contributed by atoms with van der Waals surface area (Å²) >= 11 is 0. The van der Waals surface area contributed by atoms with Gasteiger partial charge in [0.1, 0.15) is 54.2 Å². The molecule has 274 valence electrons. The highest BCUT2D eigenvalue weighted by Crippen LogP contribution is 2.58. The maximum atomic E-state index is 14.1. The van der Waals surface area contributed by atoms with E-state index in [-0.39, 0.29) is 32.7 Å². The number of aliphatic hydroxyl groups is 5. The molecular formula is C36H42N2O13. The summed E-state index contributed by atoms with van der Waals surface area (Å²) in [6.45, 7) is -0.690. The van der Waals surface area contributed by atoms with Crippen molar-refractivity contribution >= 4 is 18.0 Å². The number of nitrogens with zero attached hydrogens (tertiary/aromatic N) is 1. The topological polar surface area (TPSA) is 206 Å². The molecule has 0 aromatic heterocycles. The predicted octanol–water partition coefficient (Wildman–Crippen LogP) is -1.30. The monoisotopic (exact) mass is 710 g/mol. The van der Waals surface area contributed by atoms with Gasteiger partial charge < -0.3 is 54.5 Å². The van der Waals surface area contributed by atoms with Crippen molar-refractivity contribution in [2.45, 2.75) is 92.8 Å². The van der Waals surface area contributed by atoms with Crippen molar-refractivity contribution in [3.05, 3.63) is 76.9 Å². The van der Waals surface area contributed by atoms with Crippen LogP contribution in [-0.4, -0.2) is 136 Å². The van der Waals surface area contributed by atoms with Gasteiger partial charge in [0.05, 0.1) is 26.4 Å². The van der Waals surface area contributed by atoms with Crippen LogP contribution in [0.25, 0.3) is 6.08 Å². The number of hydrogen-bond acceptors (Lipinski definition) is 14. The fourth-order valence-electron chi connectivity index (χ4n) is 8.61. The lowest BCUT2D eigenvalue weighted by atomic mass is 9.62. The van der Waals surface area contributed by atoms with E-state index in [2.05, 4.69) is 5.32 Å². The third-order valence-corrected chi connectivity index (χ3v) is 10.9. The Bertz CT molecular complexity index is 1650. The number of aliphatic hydroxyl groups excluding tert-OH is 5. The molecule has 51 heavy (non-hydrogen) atoms. The van der Waals surface area contributed by atoms with Gasteiger partial charge in [-0.15, -0.1) is 0 Å². The molecule has 6 aliphatic rings. The van der Waals surface area contributed by atoms with Crippen LogP contribution < -0.4 is 5.32 Å². The lowest BCUT2D eigenvalue weighted by Crippen LogP contribution is -2.69. The molecule has 2 aromatic carbocycles. The fourth-order valence-corrected chi connectivity index (χ4v) is 8.61. The molecule has 11 atom stereocenters.